The predicted octanol–water partition coefficient (Wildman–Crippen LogP) is 4.83. The Morgan fingerprint density at radius 3 is 2.77 bits per heavy atom. The van der Waals surface area contributed by atoms with Crippen LogP contribution in [0.3, 0.4) is 0 Å². The van der Waals surface area contributed by atoms with Gasteiger partial charge in [0.05, 0.1) is 0 Å². The molecular weight excluding hydrogens is 292 g/mol. The summed E-state index contributed by atoms with van der Waals surface area (Å²) >= 11 is 0. The van der Waals surface area contributed by atoms with Gasteiger partial charge in [0.15, 0.2) is 8.32 Å². The first-order valence-electron chi connectivity index (χ1n) is 8.05. The van der Waals surface area contributed by atoms with Gasteiger partial charge in [-0.25, -0.2) is 0 Å². The van der Waals surface area contributed by atoms with Gasteiger partial charge >= 0.3 is 0 Å². The molecule has 0 aromatic carbocycles. The molecule has 1 aromatic rings. The van der Waals surface area contributed by atoms with E-state index in [2.05, 4.69) is 45.9 Å². The van der Waals surface area contributed by atoms with Crippen LogP contribution in [0.5, 0.6) is 0 Å². The summed E-state index contributed by atoms with van der Waals surface area (Å²) in [5.41, 5.74) is 1.27. The Morgan fingerprint density at radius 2 is 2.14 bits per heavy atom. The van der Waals surface area contributed by atoms with Crippen LogP contribution < -0.4 is 0 Å². The number of aryl methyl sites for hydroxylation is 1. The second kappa shape index (κ2) is 6.62. The summed E-state index contributed by atoms with van der Waals surface area (Å²) in [4.78, 5) is 0. The molecule has 0 spiro atoms. The molecule has 1 heterocycles. The molecule has 3 nitrogen and oxygen atoms in total. The fourth-order valence-electron chi connectivity index (χ4n) is 2.51. The highest BCUT2D eigenvalue weighted by atomic mass is 28.4. The van der Waals surface area contributed by atoms with Crippen molar-refractivity contribution >= 4 is 8.32 Å². The lowest BCUT2D eigenvalue weighted by atomic mass is 9.96. The number of rotatable bonds is 5. The lowest BCUT2D eigenvalue weighted by Crippen LogP contribution is -2.42. The first-order valence-corrected chi connectivity index (χ1v) is 11.0. The number of hydrogen-bond acceptors (Lipinski definition) is 3. The third kappa shape index (κ3) is 3.84. The molecule has 1 unspecified atom stereocenters. The molecule has 4 heteroatoms. The first kappa shape index (κ1) is 17.3. The van der Waals surface area contributed by atoms with Gasteiger partial charge in [-0.3, -0.25) is 0 Å². The average Bonchev–Trinajstić information content (AvgIpc) is 2.81. The molecule has 0 amide bonds. The zero-order chi connectivity index (χ0) is 16.4. The highest BCUT2D eigenvalue weighted by Crippen LogP contribution is 2.43. The number of ether oxygens (including phenoxy) is 1. The van der Waals surface area contributed by atoms with Crippen molar-refractivity contribution in [3.8, 4) is 12.3 Å². The predicted molar refractivity (Wildman–Crippen MR) is 91.2 cm³/mol. The highest BCUT2D eigenvalue weighted by Gasteiger charge is 2.41. The minimum Gasteiger partial charge on any atom is -0.461 e. The Labute approximate surface area is 135 Å². The third-order valence-corrected chi connectivity index (χ3v) is 9.26. The van der Waals surface area contributed by atoms with Gasteiger partial charge in [-0.15, -0.1) is 6.42 Å². The summed E-state index contributed by atoms with van der Waals surface area (Å²) in [5.74, 6) is 4.34. The summed E-state index contributed by atoms with van der Waals surface area (Å²) in [7, 11) is -1.80. The molecule has 1 aliphatic rings. The molecule has 0 saturated heterocycles. The van der Waals surface area contributed by atoms with Crippen LogP contribution in [-0.2, 0) is 22.2 Å². The van der Waals surface area contributed by atoms with Crippen LogP contribution in [0.1, 0.15) is 56.8 Å². The van der Waals surface area contributed by atoms with E-state index in [0.29, 0.717) is 13.2 Å². The molecule has 0 fully saturated rings. The van der Waals surface area contributed by atoms with Crippen molar-refractivity contribution in [2.45, 2.75) is 70.9 Å². The van der Waals surface area contributed by atoms with Gasteiger partial charge in [0.25, 0.3) is 0 Å². The van der Waals surface area contributed by atoms with Crippen LogP contribution in [0.25, 0.3) is 0 Å². The molecule has 1 atom stereocenters. The van der Waals surface area contributed by atoms with E-state index in [-0.39, 0.29) is 11.1 Å². The minimum absolute atomic E-state index is 0.0889. The van der Waals surface area contributed by atoms with E-state index in [1.165, 1.54) is 5.56 Å². The fourth-order valence-corrected chi connectivity index (χ4v) is 3.79. The Kier molecular flexibility index (Phi) is 5.21. The molecule has 0 bridgehead atoms. The Balaban J connectivity index is 2.13. The summed E-state index contributed by atoms with van der Waals surface area (Å²) in [6.45, 7) is 12.1. The smallest absolute Gasteiger partial charge is 0.193 e. The fraction of sp³-hybridized carbons (Fsp3) is 0.667. The summed E-state index contributed by atoms with van der Waals surface area (Å²) < 4.78 is 18.0. The van der Waals surface area contributed by atoms with Gasteiger partial charge in [-0.05, 0) is 49.0 Å². The minimum atomic E-state index is -1.80. The Morgan fingerprint density at radius 1 is 1.41 bits per heavy atom. The maximum absolute atomic E-state index is 6.58. The van der Waals surface area contributed by atoms with Crippen LogP contribution in [0.2, 0.25) is 18.1 Å². The molecule has 0 radical (unpaired) electrons. The van der Waals surface area contributed by atoms with Gasteiger partial charge < -0.3 is 13.6 Å². The average molecular weight is 321 g/mol. The largest absolute Gasteiger partial charge is 0.461 e. The number of furan rings is 1. The van der Waals surface area contributed by atoms with Gasteiger partial charge in [-0.2, -0.15) is 0 Å². The second-order valence-electron chi connectivity index (χ2n) is 7.56. The van der Waals surface area contributed by atoms with Crippen molar-refractivity contribution in [1.82, 2.24) is 0 Å². The molecule has 122 valence electrons. The van der Waals surface area contributed by atoms with E-state index in [9.17, 15) is 0 Å². The number of fused-ring (bicyclic) bond motifs is 1. The van der Waals surface area contributed by atoms with Crippen molar-refractivity contribution in [3.05, 3.63) is 23.2 Å². The van der Waals surface area contributed by atoms with E-state index in [1.807, 2.05) is 0 Å². The molecule has 1 aliphatic carbocycles. The molecule has 0 aliphatic heterocycles. The third-order valence-electron chi connectivity index (χ3n) is 4.77. The molecular formula is C18H28O3Si. The summed E-state index contributed by atoms with van der Waals surface area (Å²) in [6, 6.07) is 2.10. The van der Waals surface area contributed by atoms with Gasteiger partial charge in [0, 0.05) is 0 Å². The molecule has 1 aromatic heterocycles. The monoisotopic (exact) mass is 320 g/mol. The van der Waals surface area contributed by atoms with Gasteiger partial charge in [-0.1, -0.05) is 26.7 Å². The van der Waals surface area contributed by atoms with Crippen molar-refractivity contribution < 1.29 is 13.6 Å². The highest BCUT2D eigenvalue weighted by molar-refractivity contribution is 6.74. The molecule has 2 rings (SSSR count). The zero-order valence-electron chi connectivity index (χ0n) is 14.5. The van der Waals surface area contributed by atoms with E-state index in [0.717, 1.165) is 30.8 Å². The van der Waals surface area contributed by atoms with E-state index < -0.39 is 8.32 Å². The molecule has 22 heavy (non-hydrogen) atoms. The van der Waals surface area contributed by atoms with Crippen molar-refractivity contribution in [2.75, 3.05) is 6.61 Å². The Hall–Kier alpha value is -1.02. The quantitative estimate of drug-likeness (QED) is 0.442. The maximum atomic E-state index is 6.58. The lowest BCUT2D eigenvalue weighted by Gasteiger charge is -2.39. The zero-order valence-corrected chi connectivity index (χ0v) is 15.5. The SMILES string of the molecule is C#CCOCc1cc2c(o1)C(O[Si](C)(C)C(C)(C)C)CCC2. The van der Waals surface area contributed by atoms with Crippen molar-refractivity contribution in [1.29, 1.82) is 0 Å². The normalized spacial score (nSPS) is 18.8. The van der Waals surface area contributed by atoms with Crippen LogP contribution in [0.4, 0.5) is 0 Å². The van der Waals surface area contributed by atoms with Gasteiger partial charge in [0.1, 0.15) is 30.8 Å². The summed E-state index contributed by atoms with van der Waals surface area (Å²) in [6.07, 6.45) is 8.54. The van der Waals surface area contributed by atoms with E-state index in [1.54, 1.807) is 0 Å². The van der Waals surface area contributed by atoms with Crippen molar-refractivity contribution in [3.63, 3.8) is 0 Å². The van der Waals surface area contributed by atoms with Crippen LogP contribution in [0, 0.1) is 12.3 Å². The van der Waals surface area contributed by atoms with E-state index in [4.69, 9.17) is 20.0 Å². The summed E-state index contributed by atoms with van der Waals surface area (Å²) in [5, 5.41) is 0.204. The number of terminal acetylenes is 1. The topological polar surface area (TPSA) is 31.6 Å². The van der Waals surface area contributed by atoms with Gasteiger partial charge in [0.2, 0.25) is 0 Å². The first-order chi connectivity index (χ1) is 10.2. The lowest BCUT2D eigenvalue weighted by molar-refractivity contribution is 0.114. The van der Waals surface area contributed by atoms with Crippen LogP contribution in [-0.4, -0.2) is 14.9 Å². The van der Waals surface area contributed by atoms with Crippen LogP contribution >= 0.6 is 0 Å². The second-order valence-corrected chi connectivity index (χ2v) is 12.3. The molecule has 0 N–H and O–H groups in total. The van der Waals surface area contributed by atoms with E-state index >= 15 is 0 Å². The standard InChI is InChI=1S/C18H28O3Si/c1-7-11-19-13-15-12-14-9-8-10-16(17(14)20-15)21-22(5,6)18(2,3)4/h1,12,16H,8-11,13H2,2-6H3. The molecule has 0 saturated carbocycles. The van der Waals surface area contributed by atoms with Crippen LogP contribution in [0.15, 0.2) is 10.5 Å². The maximum Gasteiger partial charge on any atom is 0.193 e. The number of hydrogen-bond donors (Lipinski definition) is 0. The Bertz CT molecular complexity index is 546. The van der Waals surface area contributed by atoms with Crippen molar-refractivity contribution in [2.24, 2.45) is 0 Å².